The fraction of sp³-hybridized carbons (Fsp3) is 0.375. The summed E-state index contributed by atoms with van der Waals surface area (Å²) in [5, 5.41) is 8.72. The Morgan fingerprint density at radius 1 is 1.03 bits per heavy atom. The number of benzene rings is 2. The maximum Gasteiger partial charge on any atom is 0.223 e. The molecule has 1 saturated carbocycles. The number of halogens is 1. The molecule has 5 rings (SSSR count). The van der Waals surface area contributed by atoms with Crippen molar-refractivity contribution in [3.63, 3.8) is 0 Å². The van der Waals surface area contributed by atoms with Gasteiger partial charge in [-0.1, -0.05) is 29.8 Å². The molecule has 2 aromatic carbocycles. The molecule has 2 fully saturated rings. The maximum atomic E-state index is 12.4. The van der Waals surface area contributed by atoms with Crippen LogP contribution in [0.3, 0.4) is 0 Å². The molecule has 0 bridgehead atoms. The summed E-state index contributed by atoms with van der Waals surface area (Å²) in [5.41, 5.74) is 1.93. The summed E-state index contributed by atoms with van der Waals surface area (Å²) in [6.45, 7) is 2.33. The Balaban J connectivity index is 1.37. The van der Waals surface area contributed by atoms with Crippen LogP contribution in [0.1, 0.15) is 25.7 Å². The highest BCUT2D eigenvalue weighted by Gasteiger charge is 2.30. The molecule has 0 spiro atoms. The summed E-state index contributed by atoms with van der Waals surface area (Å²) in [6, 6.07) is 18.1. The largest absolute Gasteiger partial charge is 0.353 e. The molecule has 1 aromatic heterocycles. The molecule has 0 radical (unpaired) electrons. The molecule has 3 aromatic rings. The molecular weight excluding hydrogens is 442 g/mol. The van der Waals surface area contributed by atoms with Crippen LogP contribution in [0.5, 0.6) is 0 Å². The molecule has 1 aliphatic heterocycles. The lowest BCUT2D eigenvalue weighted by Gasteiger charge is -2.30. The van der Waals surface area contributed by atoms with Gasteiger partial charge in [-0.3, -0.25) is 14.3 Å². The van der Waals surface area contributed by atoms with Crippen LogP contribution in [-0.4, -0.2) is 44.3 Å². The zero-order valence-corrected chi connectivity index (χ0v) is 19.4. The van der Waals surface area contributed by atoms with Crippen molar-refractivity contribution in [1.29, 1.82) is 0 Å². The fourth-order valence-electron chi connectivity index (χ4n) is 4.17. The molecule has 6 nitrogen and oxygen atoms in total. The van der Waals surface area contributed by atoms with E-state index in [9.17, 15) is 4.79 Å². The Morgan fingerprint density at radius 2 is 1.72 bits per heavy atom. The second-order valence-corrected chi connectivity index (χ2v) is 9.40. The van der Waals surface area contributed by atoms with E-state index in [0.717, 1.165) is 55.8 Å². The zero-order valence-electron chi connectivity index (χ0n) is 17.8. The van der Waals surface area contributed by atoms with Crippen molar-refractivity contribution in [2.24, 2.45) is 5.92 Å². The van der Waals surface area contributed by atoms with E-state index < -0.39 is 0 Å². The Labute approximate surface area is 197 Å². The number of aromatic nitrogens is 3. The molecule has 1 N–H and O–H groups in total. The minimum absolute atomic E-state index is 0.117. The number of carbonyl (C=O) groups is 1. The molecule has 0 unspecified atom stereocenters. The molecule has 0 atom stereocenters. The standard InChI is InChI=1S/C24H26ClN5OS/c25-19-8-6-17(7-9-19)22-27-29(24(32)30(22)21-4-2-1-3-5-21)16-28-14-12-18(13-15-28)23(31)26-20-10-11-20/h1-9,18,20H,10-16H2,(H,26,31). The first-order chi connectivity index (χ1) is 15.6. The predicted molar refractivity (Wildman–Crippen MR) is 128 cm³/mol. The number of likely N-dealkylation sites (tertiary alicyclic amines) is 1. The summed E-state index contributed by atoms with van der Waals surface area (Å²) in [6.07, 6.45) is 4.00. The maximum absolute atomic E-state index is 12.4. The Kier molecular flexibility index (Phi) is 6.13. The lowest BCUT2D eigenvalue weighted by Crippen LogP contribution is -2.41. The van der Waals surface area contributed by atoms with Gasteiger partial charge >= 0.3 is 0 Å². The first kappa shape index (κ1) is 21.4. The van der Waals surface area contributed by atoms with Gasteiger partial charge in [0.05, 0.1) is 6.67 Å². The number of hydrogen-bond acceptors (Lipinski definition) is 4. The third-order valence-electron chi connectivity index (χ3n) is 6.17. The number of carbonyl (C=O) groups excluding carboxylic acids is 1. The normalized spacial score (nSPS) is 17.4. The lowest BCUT2D eigenvalue weighted by molar-refractivity contribution is -0.126. The van der Waals surface area contributed by atoms with Crippen molar-refractivity contribution in [3.8, 4) is 17.1 Å². The zero-order chi connectivity index (χ0) is 22.1. The van der Waals surface area contributed by atoms with Gasteiger partial charge in [0, 0.05) is 41.3 Å². The van der Waals surface area contributed by atoms with Crippen LogP contribution in [0.4, 0.5) is 0 Å². The van der Waals surface area contributed by atoms with Gasteiger partial charge in [0.1, 0.15) is 0 Å². The Morgan fingerprint density at radius 3 is 2.38 bits per heavy atom. The highest BCUT2D eigenvalue weighted by atomic mass is 35.5. The SMILES string of the molecule is O=C(NC1CC1)C1CCN(Cn2nc(-c3ccc(Cl)cc3)n(-c3ccccc3)c2=S)CC1. The van der Waals surface area contributed by atoms with E-state index >= 15 is 0 Å². The van der Waals surface area contributed by atoms with Gasteiger partial charge in [0.25, 0.3) is 0 Å². The lowest BCUT2D eigenvalue weighted by atomic mass is 9.96. The molecule has 1 saturated heterocycles. The summed E-state index contributed by atoms with van der Waals surface area (Å²) < 4.78 is 4.54. The van der Waals surface area contributed by atoms with Gasteiger partial charge in [-0.2, -0.15) is 0 Å². The van der Waals surface area contributed by atoms with Gasteiger partial charge in [0.15, 0.2) is 5.82 Å². The smallest absolute Gasteiger partial charge is 0.223 e. The number of hydrogen-bond donors (Lipinski definition) is 1. The minimum Gasteiger partial charge on any atom is -0.353 e. The van der Waals surface area contributed by atoms with E-state index in [2.05, 4.69) is 10.2 Å². The van der Waals surface area contributed by atoms with Crippen LogP contribution in [0, 0.1) is 10.7 Å². The molecule has 1 amide bonds. The summed E-state index contributed by atoms with van der Waals surface area (Å²) in [5.74, 6) is 1.13. The van der Waals surface area contributed by atoms with Gasteiger partial charge in [-0.25, -0.2) is 4.68 Å². The average Bonchev–Trinajstić information content (AvgIpc) is 3.57. The second kappa shape index (κ2) is 9.17. The van der Waals surface area contributed by atoms with Crippen molar-refractivity contribution in [3.05, 3.63) is 64.4 Å². The Hall–Kier alpha value is -2.48. The quantitative estimate of drug-likeness (QED) is 0.535. The van der Waals surface area contributed by atoms with Gasteiger partial charge in [-0.15, -0.1) is 5.10 Å². The number of amides is 1. The molecule has 166 valence electrons. The van der Waals surface area contributed by atoms with E-state index in [1.54, 1.807) is 0 Å². The highest BCUT2D eigenvalue weighted by Crippen LogP contribution is 2.26. The number of rotatable bonds is 6. The van der Waals surface area contributed by atoms with E-state index in [4.69, 9.17) is 28.9 Å². The first-order valence-electron chi connectivity index (χ1n) is 11.1. The van der Waals surface area contributed by atoms with Gasteiger partial charge in [-0.05, 0) is 74.3 Å². The van der Waals surface area contributed by atoms with Crippen molar-refractivity contribution < 1.29 is 4.79 Å². The van der Waals surface area contributed by atoms with Crippen LogP contribution in [0.25, 0.3) is 17.1 Å². The molecule has 2 aliphatic rings. The van der Waals surface area contributed by atoms with Crippen LogP contribution in [0.15, 0.2) is 54.6 Å². The molecule has 32 heavy (non-hydrogen) atoms. The van der Waals surface area contributed by atoms with Crippen molar-refractivity contribution in [2.45, 2.75) is 38.4 Å². The highest BCUT2D eigenvalue weighted by molar-refractivity contribution is 7.71. The van der Waals surface area contributed by atoms with E-state index in [1.165, 1.54) is 0 Å². The number of para-hydroxylation sites is 1. The fourth-order valence-corrected chi connectivity index (χ4v) is 4.58. The minimum atomic E-state index is 0.117. The average molecular weight is 468 g/mol. The van der Waals surface area contributed by atoms with E-state index in [-0.39, 0.29) is 11.8 Å². The third-order valence-corrected chi connectivity index (χ3v) is 6.82. The molecular formula is C24H26ClN5OS. The van der Waals surface area contributed by atoms with Crippen LogP contribution in [0.2, 0.25) is 5.02 Å². The van der Waals surface area contributed by atoms with Crippen molar-refractivity contribution in [1.82, 2.24) is 24.6 Å². The van der Waals surface area contributed by atoms with Crippen LogP contribution < -0.4 is 5.32 Å². The van der Waals surface area contributed by atoms with Crippen LogP contribution >= 0.6 is 23.8 Å². The monoisotopic (exact) mass is 467 g/mol. The molecule has 2 heterocycles. The number of nitrogens with zero attached hydrogens (tertiary/aromatic N) is 4. The van der Waals surface area contributed by atoms with Crippen molar-refractivity contribution in [2.75, 3.05) is 13.1 Å². The molecule has 1 aliphatic carbocycles. The molecule has 8 heteroatoms. The summed E-state index contributed by atoms with van der Waals surface area (Å²) >= 11 is 12.0. The predicted octanol–water partition coefficient (Wildman–Crippen LogP) is 4.67. The van der Waals surface area contributed by atoms with Gasteiger partial charge in [0.2, 0.25) is 10.7 Å². The van der Waals surface area contributed by atoms with Crippen molar-refractivity contribution >= 4 is 29.7 Å². The first-order valence-corrected chi connectivity index (χ1v) is 11.9. The van der Waals surface area contributed by atoms with E-state index in [1.807, 2.05) is 63.8 Å². The number of piperidine rings is 1. The van der Waals surface area contributed by atoms with E-state index in [0.29, 0.717) is 22.5 Å². The number of nitrogens with one attached hydrogen (secondary N) is 1. The summed E-state index contributed by atoms with van der Waals surface area (Å²) in [4.78, 5) is 14.7. The second-order valence-electron chi connectivity index (χ2n) is 8.60. The topological polar surface area (TPSA) is 55.1 Å². The van der Waals surface area contributed by atoms with Crippen LogP contribution in [-0.2, 0) is 11.5 Å². The van der Waals surface area contributed by atoms with Gasteiger partial charge < -0.3 is 5.32 Å². The summed E-state index contributed by atoms with van der Waals surface area (Å²) in [7, 11) is 0. The Bertz CT molecular complexity index is 1150. The third kappa shape index (κ3) is 4.65.